The largest absolute Gasteiger partial charge is 0.507 e. The molecule has 1 amide bonds. The summed E-state index contributed by atoms with van der Waals surface area (Å²) < 4.78 is 0. The van der Waals surface area contributed by atoms with Crippen LogP contribution in [0.3, 0.4) is 0 Å². The van der Waals surface area contributed by atoms with E-state index in [-0.39, 0.29) is 17.0 Å². The Morgan fingerprint density at radius 3 is 2.67 bits per heavy atom. The molecule has 0 spiro atoms. The lowest BCUT2D eigenvalue weighted by molar-refractivity contribution is 0.0693. The minimum Gasteiger partial charge on any atom is -0.507 e. The first kappa shape index (κ1) is 14.9. The van der Waals surface area contributed by atoms with Crippen LogP contribution in [0.1, 0.15) is 20.7 Å². The smallest absolute Gasteiger partial charge is 0.339 e. The van der Waals surface area contributed by atoms with E-state index in [1.165, 1.54) is 30.0 Å². The highest BCUT2D eigenvalue weighted by Crippen LogP contribution is 2.23. The third kappa shape index (κ3) is 3.32. The molecule has 0 aliphatic heterocycles. The fraction of sp³-hybridized carbons (Fsp3) is 0.0714. The SMILES string of the molecule is CSc1ncccc1C(=O)Nc1ccc(O)c(C(=O)O)c1. The number of anilines is 1. The lowest BCUT2D eigenvalue weighted by Crippen LogP contribution is -2.14. The highest BCUT2D eigenvalue weighted by Gasteiger charge is 2.14. The zero-order chi connectivity index (χ0) is 15.4. The van der Waals surface area contributed by atoms with Gasteiger partial charge in [-0.25, -0.2) is 9.78 Å². The molecule has 21 heavy (non-hydrogen) atoms. The van der Waals surface area contributed by atoms with Gasteiger partial charge >= 0.3 is 5.97 Å². The number of phenols is 1. The summed E-state index contributed by atoms with van der Waals surface area (Å²) in [5.74, 6) is -2.02. The predicted molar refractivity (Wildman–Crippen MR) is 79.0 cm³/mol. The lowest BCUT2D eigenvalue weighted by atomic mass is 10.1. The molecule has 0 radical (unpaired) electrons. The number of carbonyl (C=O) groups is 2. The summed E-state index contributed by atoms with van der Waals surface area (Å²) in [5, 5.41) is 21.5. The molecule has 1 aromatic heterocycles. The van der Waals surface area contributed by atoms with E-state index in [1.54, 1.807) is 18.3 Å². The number of carboxylic acids is 1. The standard InChI is InChI=1S/C14H12N2O4S/c1-21-13-9(3-2-6-15-13)12(18)16-8-4-5-11(17)10(7-8)14(19)20/h2-7,17H,1H3,(H,16,18)(H,19,20). The molecule has 0 atom stereocenters. The van der Waals surface area contributed by atoms with Crippen LogP contribution in [0.15, 0.2) is 41.6 Å². The first-order chi connectivity index (χ1) is 10.0. The van der Waals surface area contributed by atoms with Crippen molar-refractivity contribution < 1.29 is 19.8 Å². The number of pyridine rings is 1. The molecule has 108 valence electrons. The number of benzene rings is 1. The van der Waals surface area contributed by atoms with Crippen molar-refractivity contribution >= 4 is 29.3 Å². The summed E-state index contributed by atoms with van der Waals surface area (Å²) in [6, 6.07) is 7.12. The summed E-state index contributed by atoms with van der Waals surface area (Å²) in [6.07, 6.45) is 3.40. The van der Waals surface area contributed by atoms with Crippen molar-refractivity contribution in [2.24, 2.45) is 0 Å². The third-order valence-corrected chi connectivity index (χ3v) is 3.41. The molecule has 3 N–H and O–H groups in total. The van der Waals surface area contributed by atoms with Crippen LogP contribution in [-0.2, 0) is 0 Å². The number of aromatic carboxylic acids is 1. The molecule has 1 heterocycles. The maximum Gasteiger partial charge on any atom is 0.339 e. The molecular weight excluding hydrogens is 292 g/mol. The summed E-state index contributed by atoms with van der Waals surface area (Å²) >= 11 is 1.34. The molecule has 0 bridgehead atoms. The fourth-order valence-electron chi connectivity index (χ4n) is 1.71. The van der Waals surface area contributed by atoms with Gasteiger partial charge in [-0.1, -0.05) is 0 Å². The average molecular weight is 304 g/mol. The number of rotatable bonds is 4. The van der Waals surface area contributed by atoms with Crippen LogP contribution in [0, 0.1) is 0 Å². The second-order valence-electron chi connectivity index (χ2n) is 4.05. The van der Waals surface area contributed by atoms with E-state index in [9.17, 15) is 14.7 Å². The Kier molecular flexibility index (Phi) is 4.44. The molecular formula is C14H12N2O4S. The van der Waals surface area contributed by atoms with Crippen LogP contribution >= 0.6 is 11.8 Å². The minimum absolute atomic E-state index is 0.274. The fourth-order valence-corrected chi connectivity index (χ4v) is 2.26. The summed E-state index contributed by atoms with van der Waals surface area (Å²) in [4.78, 5) is 27.2. The number of carboxylic acid groups (broad SMARTS) is 1. The van der Waals surface area contributed by atoms with E-state index in [2.05, 4.69) is 10.3 Å². The number of hydrogen-bond donors (Lipinski definition) is 3. The molecule has 0 aliphatic carbocycles. The van der Waals surface area contributed by atoms with E-state index < -0.39 is 11.9 Å². The van der Waals surface area contributed by atoms with Crippen molar-refractivity contribution in [1.82, 2.24) is 4.98 Å². The molecule has 2 rings (SSSR count). The van der Waals surface area contributed by atoms with Gasteiger partial charge in [0.15, 0.2) is 0 Å². The van der Waals surface area contributed by atoms with Crippen molar-refractivity contribution in [3.63, 3.8) is 0 Å². The summed E-state index contributed by atoms with van der Waals surface area (Å²) in [5.41, 5.74) is 0.408. The van der Waals surface area contributed by atoms with E-state index in [0.29, 0.717) is 10.6 Å². The minimum atomic E-state index is -1.27. The van der Waals surface area contributed by atoms with Gasteiger partial charge in [0.2, 0.25) is 0 Å². The van der Waals surface area contributed by atoms with Gasteiger partial charge in [-0.05, 0) is 36.6 Å². The van der Waals surface area contributed by atoms with Crippen molar-refractivity contribution in [1.29, 1.82) is 0 Å². The topological polar surface area (TPSA) is 99.5 Å². The quantitative estimate of drug-likeness (QED) is 0.592. The zero-order valence-corrected chi connectivity index (χ0v) is 11.8. The number of amides is 1. The van der Waals surface area contributed by atoms with Gasteiger partial charge in [0.05, 0.1) is 5.56 Å². The Bertz CT molecular complexity index is 703. The van der Waals surface area contributed by atoms with E-state index in [0.717, 1.165) is 0 Å². The van der Waals surface area contributed by atoms with Gasteiger partial charge in [-0.2, -0.15) is 0 Å². The number of carbonyl (C=O) groups excluding carboxylic acids is 1. The average Bonchev–Trinajstić information content (AvgIpc) is 2.48. The first-order valence-electron chi connectivity index (χ1n) is 5.89. The second-order valence-corrected chi connectivity index (χ2v) is 4.85. The van der Waals surface area contributed by atoms with Gasteiger partial charge in [0, 0.05) is 11.9 Å². The molecule has 1 aromatic carbocycles. The van der Waals surface area contributed by atoms with Crippen LogP contribution in [-0.4, -0.2) is 33.3 Å². The molecule has 0 unspecified atom stereocenters. The Balaban J connectivity index is 2.28. The van der Waals surface area contributed by atoms with Crippen molar-refractivity contribution in [2.75, 3.05) is 11.6 Å². The Hall–Kier alpha value is -2.54. The van der Waals surface area contributed by atoms with Crippen LogP contribution in [0.25, 0.3) is 0 Å². The molecule has 0 fully saturated rings. The van der Waals surface area contributed by atoms with Crippen LogP contribution in [0.2, 0.25) is 0 Å². The molecule has 0 saturated carbocycles. The Morgan fingerprint density at radius 2 is 2.00 bits per heavy atom. The van der Waals surface area contributed by atoms with Crippen LogP contribution in [0.5, 0.6) is 5.75 Å². The van der Waals surface area contributed by atoms with Crippen molar-refractivity contribution in [3.05, 3.63) is 47.7 Å². The monoisotopic (exact) mass is 304 g/mol. The predicted octanol–water partition coefficient (Wildman–Crippen LogP) is 2.46. The third-order valence-electron chi connectivity index (χ3n) is 2.69. The lowest BCUT2D eigenvalue weighted by Gasteiger charge is -2.09. The van der Waals surface area contributed by atoms with Crippen LogP contribution < -0.4 is 5.32 Å². The number of nitrogens with one attached hydrogen (secondary N) is 1. The number of hydrogen-bond acceptors (Lipinski definition) is 5. The number of nitrogens with zero attached hydrogens (tertiary/aromatic N) is 1. The number of thioether (sulfide) groups is 1. The second kappa shape index (κ2) is 6.27. The molecule has 6 nitrogen and oxygen atoms in total. The van der Waals surface area contributed by atoms with Crippen LogP contribution in [0.4, 0.5) is 5.69 Å². The molecule has 2 aromatic rings. The van der Waals surface area contributed by atoms with E-state index in [1.807, 2.05) is 6.26 Å². The van der Waals surface area contributed by atoms with Crippen molar-refractivity contribution in [3.8, 4) is 5.75 Å². The highest BCUT2D eigenvalue weighted by molar-refractivity contribution is 7.98. The maximum atomic E-state index is 12.2. The summed E-state index contributed by atoms with van der Waals surface area (Å²) in [7, 11) is 0. The van der Waals surface area contributed by atoms with E-state index in [4.69, 9.17) is 5.11 Å². The molecule has 7 heteroatoms. The van der Waals surface area contributed by atoms with Gasteiger partial charge in [0.1, 0.15) is 16.3 Å². The highest BCUT2D eigenvalue weighted by atomic mass is 32.2. The first-order valence-corrected chi connectivity index (χ1v) is 7.12. The van der Waals surface area contributed by atoms with Crippen molar-refractivity contribution in [2.45, 2.75) is 5.03 Å². The number of aromatic hydroxyl groups is 1. The normalized spacial score (nSPS) is 10.1. The zero-order valence-electron chi connectivity index (χ0n) is 11.0. The molecule has 0 saturated heterocycles. The Labute approximate surface area is 124 Å². The van der Waals surface area contributed by atoms with E-state index >= 15 is 0 Å². The van der Waals surface area contributed by atoms with Gasteiger partial charge in [-0.15, -0.1) is 11.8 Å². The Morgan fingerprint density at radius 1 is 1.24 bits per heavy atom. The van der Waals surface area contributed by atoms with Gasteiger partial charge < -0.3 is 15.5 Å². The number of aromatic nitrogens is 1. The van der Waals surface area contributed by atoms with Gasteiger partial charge in [0.25, 0.3) is 5.91 Å². The summed E-state index contributed by atoms with van der Waals surface area (Å²) in [6.45, 7) is 0. The van der Waals surface area contributed by atoms with Gasteiger partial charge in [-0.3, -0.25) is 4.79 Å². The maximum absolute atomic E-state index is 12.2. The molecule has 0 aliphatic rings.